The van der Waals surface area contributed by atoms with Crippen LogP contribution in [-0.2, 0) is 22.6 Å². The highest BCUT2D eigenvalue weighted by Gasteiger charge is 2.48. The molecule has 1 fully saturated rings. The number of benzene rings is 4. The second kappa shape index (κ2) is 11.0. The lowest BCUT2D eigenvalue weighted by Gasteiger charge is -2.23. The highest BCUT2D eigenvalue weighted by molar-refractivity contribution is 7.22. The monoisotopic (exact) mass is 602 g/mol. The molecule has 0 saturated carbocycles. The molecule has 7 nitrogen and oxygen atoms in total. The van der Waals surface area contributed by atoms with Gasteiger partial charge in [0.25, 0.3) is 5.78 Å². The third-order valence-electron chi connectivity index (χ3n) is 8.06. The number of aliphatic hydroxyl groups is 1. The lowest BCUT2D eigenvalue weighted by molar-refractivity contribution is -0.132. The minimum atomic E-state index is -0.916. The predicted octanol–water partition coefficient (Wildman–Crippen LogP) is 7.44. The molecule has 7 rings (SSSR count). The predicted molar refractivity (Wildman–Crippen MR) is 171 cm³/mol. The number of Topliss-reactive ketones (excluding diaryl/α,β-unsaturated/α-hetero) is 1. The van der Waals surface area contributed by atoms with Crippen LogP contribution in [0.3, 0.4) is 0 Å². The van der Waals surface area contributed by atoms with E-state index in [9.17, 15) is 14.7 Å². The van der Waals surface area contributed by atoms with Crippen LogP contribution in [0.25, 0.3) is 16.0 Å². The largest absolute Gasteiger partial charge is 0.507 e. The number of nitrogens with zero attached hydrogens (tertiary/aromatic N) is 2. The molecule has 2 aliphatic rings. The molecule has 220 valence electrons. The molecule has 4 aromatic carbocycles. The molecule has 2 atom stereocenters. The molecule has 1 aromatic heterocycles. The number of amides is 1. The van der Waals surface area contributed by atoms with Crippen LogP contribution in [0.4, 0.5) is 5.13 Å². The molecular weight excluding hydrogens is 572 g/mol. The normalized spacial score (nSPS) is 18.9. The Morgan fingerprint density at radius 3 is 2.66 bits per heavy atom. The number of aliphatic hydroxyl groups excluding tert-OH is 1. The molecule has 0 radical (unpaired) electrons. The number of thiazole rings is 1. The van der Waals surface area contributed by atoms with E-state index in [1.807, 2.05) is 93.6 Å². The number of aromatic nitrogens is 1. The van der Waals surface area contributed by atoms with E-state index in [-0.39, 0.29) is 17.4 Å². The van der Waals surface area contributed by atoms with Crippen molar-refractivity contribution in [1.82, 2.24) is 4.98 Å². The van der Waals surface area contributed by atoms with Gasteiger partial charge in [0.1, 0.15) is 30.0 Å². The van der Waals surface area contributed by atoms with Gasteiger partial charge in [0.05, 0.1) is 21.8 Å². The van der Waals surface area contributed by atoms with Crippen LogP contribution in [0.2, 0.25) is 0 Å². The Morgan fingerprint density at radius 1 is 1.02 bits per heavy atom. The second-order valence-corrected chi connectivity index (χ2v) is 12.4. The topological polar surface area (TPSA) is 89.0 Å². The van der Waals surface area contributed by atoms with Gasteiger partial charge in [0.2, 0.25) is 0 Å². The van der Waals surface area contributed by atoms with E-state index >= 15 is 0 Å². The van der Waals surface area contributed by atoms with Crippen LogP contribution >= 0.6 is 11.3 Å². The van der Waals surface area contributed by atoms with E-state index in [1.54, 1.807) is 12.1 Å². The number of carbonyl (C=O) groups excluding carboxylic acids is 2. The fourth-order valence-corrected chi connectivity index (χ4v) is 7.22. The SMILES string of the molecule is Cc1cc(C)c2nc(N3C(=O)C(=O)C(=C(O)c4ccc5c(c4)C[C@H](C)O5)[C@H]3c3cccc(OCc4ccccc4)c3)sc2c1. The van der Waals surface area contributed by atoms with Crippen molar-refractivity contribution in [3.63, 3.8) is 0 Å². The van der Waals surface area contributed by atoms with Crippen LogP contribution in [0.15, 0.2) is 90.5 Å². The van der Waals surface area contributed by atoms with Crippen molar-refractivity contribution in [3.05, 3.63) is 124 Å². The van der Waals surface area contributed by atoms with Crippen LogP contribution in [0, 0.1) is 13.8 Å². The molecule has 0 spiro atoms. The number of anilines is 1. The van der Waals surface area contributed by atoms with Crippen LogP contribution in [-0.4, -0.2) is 27.9 Å². The zero-order valence-corrected chi connectivity index (χ0v) is 25.4. The summed E-state index contributed by atoms with van der Waals surface area (Å²) in [5.41, 5.74) is 5.90. The quantitative estimate of drug-likeness (QED) is 0.123. The number of hydrogen-bond donors (Lipinski definition) is 1. The van der Waals surface area contributed by atoms with Gasteiger partial charge in [-0.05, 0) is 85.0 Å². The number of ketones is 1. The third-order valence-corrected chi connectivity index (χ3v) is 9.06. The lowest BCUT2D eigenvalue weighted by Crippen LogP contribution is -2.29. The molecule has 8 heteroatoms. The first-order valence-corrected chi connectivity index (χ1v) is 15.3. The molecule has 5 aromatic rings. The Labute approximate surface area is 259 Å². The summed E-state index contributed by atoms with van der Waals surface area (Å²) in [7, 11) is 0. The first-order chi connectivity index (χ1) is 21.3. The summed E-state index contributed by atoms with van der Waals surface area (Å²) >= 11 is 1.35. The molecule has 0 unspecified atom stereocenters. The van der Waals surface area contributed by atoms with Crippen molar-refractivity contribution >= 4 is 44.1 Å². The summed E-state index contributed by atoms with van der Waals surface area (Å²) < 4.78 is 12.9. The molecule has 1 N–H and O–H groups in total. The van der Waals surface area contributed by atoms with Gasteiger partial charge in [-0.2, -0.15) is 0 Å². The molecule has 0 bridgehead atoms. The van der Waals surface area contributed by atoms with Gasteiger partial charge < -0.3 is 14.6 Å². The summed E-state index contributed by atoms with van der Waals surface area (Å²) in [6.45, 7) is 6.34. The van der Waals surface area contributed by atoms with Crippen LogP contribution in [0.5, 0.6) is 11.5 Å². The van der Waals surface area contributed by atoms with E-state index in [2.05, 4.69) is 0 Å². The van der Waals surface area contributed by atoms with Gasteiger partial charge >= 0.3 is 5.91 Å². The Bertz CT molecular complexity index is 1980. The third kappa shape index (κ3) is 4.91. The molecule has 1 amide bonds. The maximum absolute atomic E-state index is 13.8. The van der Waals surface area contributed by atoms with Gasteiger partial charge in [-0.3, -0.25) is 14.5 Å². The Hall–Kier alpha value is -4.95. The van der Waals surface area contributed by atoms with Crippen molar-refractivity contribution in [2.24, 2.45) is 0 Å². The van der Waals surface area contributed by atoms with Crippen molar-refractivity contribution in [1.29, 1.82) is 0 Å². The van der Waals surface area contributed by atoms with Crippen LogP contribution < -0.4 is 14.4 Å². The number of fused-ring (bicyclic) bond motifs is 2. The van der Waals surface area contributed by atoms with Crippen molar-refractivity contribution in [3.8, 4) is 11.5 Å². The maximum Gasteiger partial charge on any atom is 0.301 e. The summed E-state index contributed by atoms with van der Waals surface area (Å²) in [6, 6.07) is 25.7. The fourth-order valence-electron chi connectivity index (χ4n) is 6.05. The molecule has 44 heavy (non-hydrogen) atoms. The zero-order valence-electron chi connectivity index (χ0n) is 24.5. The van der Waals surface area contributed by atoms with Crippen molar-refractivity contribution in [2.75, 3.05) is 4.90 Å². The molecular formula is C36H30N2O5S. The Morgan fingerprint density at radius 2 is 1.84 bits per heavy atom. The molecule has 3 heterocycles. The molecule has 2 aliphatic heterocycles. The van der Waals surface area contributed by atoms with Gasteiger partial charge in [-0.25, -0.2) is 4.98 Å². The number of hydrogen-bond acceptors (Lipinski definition) is 7. The van der Waals surface area contributed by atoms with Gasteiger partial charge in [0.15, 0.2) is 5.13 Å². The van der Waals surface area contributed by atoms with E-state index in [1.165, 1.54) is 16.2 Å². The van der Waals surface area contributed by atoms with Gasteiger partial charge in [0, 0.05) is 12.0 Å². The minimum Gasteiger partial charge on any atom is -0.507 e. The minimum absolute atomic E-state index is 0.00859. The molecule has 1 saturated heterocycles. The van der Waals surface area contributed by atoms with Gasteiger partial charge in [-0.15, -0.1) is 0 Å². The summed E-state index contributed by atoms with van der Waals surface area (Å²) in [4.78, 5) is 33.9. The average molecular weight is 603 g/mol. The summed E-state index contributed by atoms with van der Waals surface area (Å²) in [6.07, 6.45) is 0.720. The number of rotatable bonds is 6. The fraction of sp³-hybridized carbons (Fsp3) is 0.194. The van der Waals surface area contributed by atoms with E-state index in [4.69, 9.17) is 14.5 Å². The van der Waals surface area contributed by atoms with Crippen molar-refractivity contribution in [2.45, 2.75) is 45.9 Å². The Balaban J connectivity index is 1.36. The summed E-state index contributed by atoms with van der Waals surface area (Å²) in [5, 5.41) is 12.1. The Kier molecular flexibility index (Phi) is 6.94. The maximum atomic E-state index is 13.8. The number of aryl methyl sites for hydroxylation is 2. The van der Waals surface area contributed by atoms with Crippen LogP contribution in [0.1, 0.15) is 46.3 Å². The number of carbonyl (C=O) groups is 2. The highest BCUT2D eigenvalue weighted by Crippen LogP contribution is 2.45. The lowest BCUT2D eigenvalue weighted by atomic mass is 9.94. The average Bonchev–Trinajstić information content (AvgIpc) is 3.68. The second-order valence-electron chi connectivity index (χ2n) is 11.4. The number of ether oxygens (including phenoxy) is 2. The smallest absolute Gasteiger partial charge is 0.301 e. The highest BCUT2D eigenvalue weighted by atomic mass is 32.1. The van der Waals surface area contributed by atoms with E-state index < -0.39 is 17.7 Å². The van der Waals surface area contributed by atoms with Gasteiger partial charge in [-0.1, -0.05) is 59.9 Å². The standard InChI is InChI=1S/C36H30N2O5S/c1-20-14-21(2)31-29(15-20)44-36(37-31)38-32(24-10-7-11-27(18-24)42-19-23-8-5-4-6-9-23)30(34(40)35(38)41)33(39)25-12-13-28-26(17-25)16-22(3)43-28/h4-15,17-18,22,32,39H,16,19H2,1-3H3/t22-,32+/m0/s1. The van der Waals surface area contributed by atoms with E-state index in [0.717, 1.165) is 38.2 Å². The van der Waals surface area contributed by atoms with Crippen molar-refractivity contribution < 1.29 is 24.2 Å². The summed E-state index contributed by atoms with van der Waals surface area (Å²) in [5.74, 6) is -0.396. The van der Waals surface area contributed by atoms with E-state index in [0.29, 0.717) is 35.0 Å². The first-order valence-electron chi connectivity index (χ1n) is 14.5. The first kappa shape index (κ1) is 27.9. The molecule has 0 aliphatic carbocycles. The zero-order chi connectivity index (χ0) is 30.5.